The molecule has 0 bridgehead atoms. The van der Waals surface area contributed by atoms with Crippen LogP contribution in [-0.2, 0) is 14.8 Å². The van der Waals surface area contributed by atoms with Crippen molar-refractivity contribution in [3.63, 3.8) is 0 Å². The summed E-state index contributed by atoms with van der Waals surface area (Å²) in [5, 5.41) is 3.30. The number of aromatic nitrogens is 2. The highest BCUT2D eigenvalue weighted by molar-refractivity contribution is 14.1. The van der Waals surface area contributed by atoms with Crippen LogP contribution in [0.1, 0.15) is 6.92 Å². The predicted molar refractivity (Wildman–Crippen MR) is 95.8 cm³/mol. The van der Waals surface area contributed by atoms with E-state index in [-0.39, 0.29) is 10.8 Å². The largest absolute Gasteiger partial charge is 0.325 e. The van der Waals surface area contributed by atoms with Crippen LogP contribution in [0.2, 0.25) is 0 Å². The molecule has 0 spiro atoms. The molecule has 0 atom stereocenters. The first-order valence-electron chi connectivity index (χ1n) is 6.64. The molecule has 3 rings (SSSR count). The molecule has 1 amide bonds. The molecule has 8 heteroatoms. The Bertz CT molecular complexity index is 997. The first-order chi connectivity index (χ1) is 10.9. The van der Waals surface area contributed by atoms with Gasteiger partial charge in [0, 0.05) is 22.1 Å². The van der Waals surface area contributed by atoms with Crippen molar-refractivity contribution < 1.29 is 13.2 Å². The molecule has 6 nitrogen and oxygen atoms in total. The van der Waals surface area contributed by atoms with E-state index in [9.17, 15) is 13.2 Å². The van der Waals surface area contributed by atoms with Crippen LogP contribution in [0.15, 0.2) is 53.7 Å². The second-order valence-electron chi connectivity index (χ2n) is 4.87. The third-order valence-electron chi connectivity index (χ3n) is 3.18. The van der Waals surface area contributed by atoms with Gasteiger partial charge in [-0.3, -0.25) is 4.79 Å². The molecule has 0 saturated carbocycles. The SMILES string of the molecule is CC(=O)Nc1cnc2c(c1)c(I)cn2S(=O)(=O)c1ccccc1. The molecule has 2 heterocycles. The Morgan fingerprint density at radius 2 is 1.96 bits per heavy atom. The van der Waals surface area contributed by atoms with Crippen molar-refractivity contribution in [2.45, 2.75) is 11.8 Å². The fraction of sp³-hybridized carbons (Fsp3) is 0.0667. The number of rotatable bonds is 3. The van der Waals surface area contributed by atoms with E-state index in [1.807, 2.05) is 0 Å². The van der Waals surface area contributed by atoms with Crippen LogP contribution in [0, 0.1) is 3.57 Å². The highest BCUT2D eigenvalue weighted by Gasteiger charge is 2.21. The number of hydrogen-bond donors (Lipinski definition) is 1. The number of hydrogen-bond acceptors (Lipinski definition) is 4. The summed E-state index contributed by atoms with van der Waals surface area (Å²) in [5.74, 6) is -0.211. The number of carbonyl (C=O) groups excluding carboxylic acids is 1. The highest BCUT2D eigenvalue weighted by Crippen LogP contribution is 2.27. The smallest absolute Gasteiger partial charge is 0.269 e. The van der Waals surface area contributed by atoms with Gasteiger partial charge in [0.2, 0.25) is 5.91 Å². The Hall–Kier alpha value is -1.94. The van der Waals surface area contributed by atoms with Gasteiger partial charge in [-0.05, 0) is 40.8 Å². The second kappa shape index (κ2) is 5.93. The van der Waals surface area contributed by atoms with Gasteiger partial charge in [0.15, 0.2) is 5.65 Å². The van der Waals surface area contributed by atoms with Crippen LogP contribution in [0.5, 0.6) is 0 Å². The lowest BCUT2D eigenvalue weighted by atomic mass is 10.3. The summed E-state index contributed by atoms with van der Waals surface area (Å²) in [6, 6.07) is 9.90. The van der Waals surface area contributed by atoms with Crippen LogP contribution in [-0.4, -0.2) is 23.3 Å². The van der Waals surface area contributed by atoms with Crippen molar-refractivity contribution in [2.75, 3.05) is 5.32 Å². The van der Waals surface area contributed by atoms with Crippen LogP contribution in [0.3, 0.4) is 0 Å². The predicted octanol–water partition coefficient (Wildman–Crippen LogP) is 2.84. The zero-order valence-electron chi connectivity index (χ0n) is 12.0. The fourth-order valence-electron chi connectivity index (χ4n) is 2.20. The lowest BCUT2D eigenvalue weighted by molar-refractivity contribution is -0.114. The summed E-state index contributed by atoms with van der Waals surface area (Å²) in [5.41, 5.74) is 0.852. The fourth-order valence-corrected chi connectivity index (χ4v) is 4.41. The molecule has 1 N–H and O–H groups in total. The third-order valence-corrected chi connectivity index (χ3v) is 5.71. The van der Waals surface area contributed by atoms with Crippen LogP contribution < -0.4 is 5.32 Å². The van der Waals surface area contributed by atoms with Gasteiger partial charge in [-0.1, -0.05) is 18.2 Å². The highest BCUT2D eigenvalue weighted by atomic mass is 127. The molecule has 23 heavy (non-hydrogen) atoms. The molecule has 2 aromatic heterocycles. The Labute approximate surface area is 146 Å². The van der Waals surface area contributed by atoms with E-state index in [0.29, 0.717) is 16.7 Å². The monoisotopic (exact) mass is 441 g/mol. The molecule has 0 aliphatic rings. The average Bonchev–Trinajstić information content (AvgIpc) is 2.85. The summed E-state index contributed by atoms with van der Waals surface area (Å²) in [7, 11) is -3.72. The van der Waals surface area contributed by atoms with Gasteiger partial charge in [-0.25, -0.2) is 17.4 Å². The number of carbonyl (C=O) groups is 1. The van der Waals surface area contributed by atoms with Crippen molar-refractivity contribution >= 4 is 55.2 Å². The Morgan fingerprint density at radius 3 is 2.61 bits per heavy atom. The van der Waals surface area contributed by atoms with Crippen molar-refractivity contribution in [3.8, 4) is 0 Å². The van der Waals surface area contributed by atoms with Gasteiger partial charge in [0.1, 0.15) is 0 Å². The maximum Gasteiger partial charge on any atom is 0.269 e. The van der Waals surface area contributed by atoms with Gasteiger partial charge in [-0.15, -0.1) is 0 Å². The Kier molecular flexibility index (Phi) is 4.11. The maximum atomic E-state index is 12.8. The summed E-state index contributed by atoms with van der Waals surface area (Å²) >= 11 is 2.05. The molecule has 0 aliphatic heterocycles. The van der Waals surface area contributed by atoms with E-state index >= 15 is 0 Å². The average molecular weight is 441 g/mol. The van der Waals surface area contributed by atoms with Crippen molar-refractivity contribution in [2.24, 2.45) is 0 Å². The minimum Gasteiger partial charge on any atom is -0.325 e. The number of fused-ring (bicyclic) bond motifs is 1. The number of nitrogens with one attached hydrogen (secondary N) is 1. The zero-order valence-corrected chi connectivity index (χ0v) is 15.0. The number of pyridine rings is 1. The van der Waals surface area contributed by atoms with Gasteiger partial charge in [-0.2, -0.15) is 0 Å². The lowest BCUT2D eigenvalue weighted by Crippen LogP contribution is -2.12. The standard InChI is InChI=1S/C15H12IN3O3S/c1-10(20)18-11-7-13-14(16)9-19(15(13)17-8-11)23(21,22)12-5-3-2-4-6-12/h2-9H,1H3,(H,18,20). The molecule has 0 fully saturated rings. The molecule has 0 aliphatic carbocycles. The molecule has 0 saturated heterocycles. The van der Waals surface area contributed by atoms with Crippen LogP contribution in [0.25, 0.3) is 11.0 Å². The lowest BCUT2D eigenvalue weighted by Gasteiger charge is -2.07. The van der Waals surface area contributed by atoms with Crippen molar-refractivity contribution in [1.82, 2.24) is 8.96 Å². The van der Waals surface area contributed by atoms with E-state index in [1.54, 1.807) is 36.4 Å². The summed E-state index contributed by atoms with van der Waals surface area (Å²) in [4.78, 5) is 15.5. The minimum atomic E-state index is -3.72. The van der Waals surface area contributed by atoms with E-state index in [2.05, 4.69) is 32.9 Å². The van der Waals surface area contributed by atoms with Gasteiger partial charge in [0.05, 0.1) is 16.8 Å². The van der Waals surface area contributed by atoms with E-state index in [1.165, 1.54) is 19.3 Å². The molecule has 0 radical (unpaired) electrons. The number of benzene rings is 1. The third kappa shape index (κ3) is 2.95. The quantitative estimate of drug-likeness (QED) is 0.634. The minimum absolute atomic E-state index is 0.195. The van der Waals surface area contributed by atoms with Crippen LogP contribution >= 0.6 is 22.6 Å². The van der Waals surface area contributed by atoms with E-state index in [4.69, 9.17) is 0 Å². The maximum absolute atomic E-state index is 12.8. The second-order valence-corrected chi connectivity index (χ2v) is 7.84. The molecule has 3 aromatic rings. The molecule has 118 valence electrons. The number of amides is 1. The number of halogens is 1. The van der Waals surface area contributed by atoms with Gasteiger partial charge < -0.3 is 5.32 Å². The normalized spacial score (nSPS) is 11.6. The van der Waals surface area contributed by atoms with Crippen molar-refractivity contribution in [1.29, 1.82) is 0 Å². The summed E-state index contributed by atoms with van der Waals surface area (Å²) in [6.07, 6.45) is 2.97. The number of anilines is 1. The van der Waals surface area contributed by atoms with E-state index < -0.39 is 10.0 Å². The number of nitrogens with zero attached hydrogens (tertiary/aromatic N) is 2. The van der Waals surface area contributed by atoms with Gasteiger partial charge in [0.25, 0.3) is 10.0 Å². The molecular formula is C15H12IN3O3S. The first kappa shape index (κ1) is 15.9. The van der Waals surface area contributed by atoms with E-state index in [0.717, 1.165) is 7.54 Å². The van der Waals surface area contributed by atoms with Crippen molar-refractivity contribution in [3.05, 3.63) is 52.4 Å². The molecular weight excluding hydrogens is 429 g/mol. The molecule has 0 unspecified atom stereocenters. The summed E-state index contributed by atoms with van der Waals surface area (Å²) < 4.78 is 27.4. The van der Waals surface area contributed by atoms with Gasteiger partial charge >= 0.3 is 0 Å². The Balaban J connectivity index is 2.18. The van der Waals surface area contributed by atoms with Crippen LogP contribution in [0.4, 0.5) is 5.69 Å². The summed E-state index contributed by atoms with van der Waals surface area (Å²) in [6.45, 7) is 1.40. The first-order valence-corrected chi connectivity index (χ1v) is 9.16. The zero-order chi connectivity index (χ0) is 16.6. The molecule has 1 aromatic carbocycles. The topological polar surface area (TPSA) is 81.1 Å². The Morgan fingerprint density at radius 1 is 1.26 bits per heavy atom.